The lowest BCUT2D eigenvalue weighted by atomic mass is 9.82. The van der Waals surface area contributed by atoms with Crippen LogP contribution in [-0.4, -0.2) is 119 Å². The summed E-state index contributed by atoms with van der Waals surface area (Å²) in [5, 5.41) is 24.7. The zero-order valence-corrected chi connectivity index (χ0v) is 40.9. The van der Waals surface area contributed by atoms with Gasteiger partial charge in [-0.2, -0.15) is 0 Å². The third kappa shape index (κ3) is 11.4. The van der Waals surface area contributed by atoms with E-state index in [1.807, 2.05) is 0 Å². The highest BCUT2D eigenvalue weighted by Gasteiger charge is 2.46. The number of amides is 7. The normalized spacial score (nSPS) is 17.5. The number of hydrogen-bond acceptors (Lipinski definition) is 14. The minimum atomic E-state index is -2.02. The van der Waals surface area contributed by atoms with E-state index in [4.69, 9.17) is 19.2 Å². The van der Waals surface area contributed by atoms with Crippen LogP contribution in [0.5, 0.6) is 0 Å². The lowest BCUT2D eigenvalue weighted by Gasteiger charge is -2.31. The maximum absolute atomic E-state index is 15.3. The summed E-state index contributed by atoms with van der Waals surface area (Å²) in [4.78, 5) is 120. The minimum absolute atomic E-state index is 0.0207. The zero-order valence-electron chi connectivity index (χ0n) is 40.9. The first-order valence-electron chi connectivity index (χ1n) is 24.5. The standard InChI is InChI=1S/C52H57FN8O13/c1-3-52(71)34-21-38-48-32(26-61(38)50(69)33(34)27-74-51(52)70)47-39(14-13-31-29(2)35(53)22-36(59-48)46(31)47)73-19-18-72-28-57-42(64)24-56-49(68)37(20-30-10-6-4-7-11-30)58-43(65)25-55-41(63)23-54-40(62)12-8-5-9-17-60-44(66)15-16-45(60)67/h4,6-7,10-11,15-16,21-22,37,39,71H,3,5,8-9,12-14,17-20,23-28H2,1-2H3,(H,54,62)(H,55,63)(H,56,68)(H,57,64)(H,58,65)/t37-,39-,52-/m0/s1. The number of aryl methyl sites for hydroxylation is 1. The summed E-state index contributed by atoms with van der Waals surface area (Å²) in [7, 11) is 0. The Morgan fingerprint density at radius 2 is 1.59 bits per heavy atom. The third-order valence-corrected chi connectivity index (χ3v) is 13.7. The van der Waals surface area contributed by atoms with Gasteiger partial charge in [0.2, 0.25) is 29.5 Å². The summed E-state index contributed by atoms with van der Waals surface area (Å²) in [5.41, 5.74) is 2.57. The average molecular weight is 1020 g/mol. The Hall–Kier alpha value is -7.69. The molecule has 21 nitrogen and oxygen atoms in total. The van der Waals surface area contributed by atoms with E-state index in [1.165, 1.54) is 22.8 Å². The molecule has 74 heavy (non-hydrogen) atoms. The van der Waals surface area contributed by atoms with Crippen molar-refractivity contribution in [2.45, 2.75) is 96.1 Å². The number of ether oxygens (including phenoxy) is 3. The molecule has 2 aromatic heterocycles. The second-order valence-electron chi connectivity index (χ2n) is 18.4. The number of carbonyl (C=O) groups excluding carboxylic acids is 8. The van der Waals surface area contributed by atoms with Gasteiger partial charge in [0, 0.05) is 54.1 Å². The number of esters is 1. The van der Waals surface area contributed by atoms with E-state index < -0.39 is 71.8 Å². The molecule has 7 amide bonds. The SMILES string of the molecule is CC[C@@]1(O)C(=O)OCc2c1cc1n(c2=O)Cc2c-1nc1cc(F)c(C)c3c1c2[C@@H](OCCOCNC(=O)CNC(=O)[C@H](Cc1ccccc1)NC(=O)CNC(=O)CNC(=O)CCCCCN1C(=O)C=CC1=O)CC3. The van der Waals surface area contributed by atoms with E-state index in [0.29, 0.717) is 65.7 Å². The molecule has 8 rings (SSSR count). The van der Waals surface area contributed by atoms with E-state index in [1.54, 1.807) is 50.2 Å². The van der Waals surface area contributed by atoms with Crippen LogP contribution in [0.15, 0.2) is 59.4 Å². The number of aromatic nitrogens is 2. The quantitative estimate of drug-likeness (QED) is 0.0232. The number of rotatable bonds is 23. The van der Waals surface area contributed by atoms with Crippen molar-refractivity contribution in [2.24, 2.45) is 0 Å². The molecule has 4 aromatic rings. The molecule has 0 bridgehead atoms. The van der Waals surface area contributed by atoms with E-state index in [-0.39, 0.29) is 94.3 Å². The number of fused-ring (bicyclic) bond motifs is 5. The first kappa shape index (κ1) is 52.6. The highest BCUT2D eigenvalue weighted by molar-refractivity contribution is 6.12. The van der Waals surface area contributed by atoms with Crippen LogP contribution in [0.2, 0.25) is 0 Å². The highest BCUT2D eigenvalue weighted by Crippen LogP contribution is 2.47. The van der Waals surface area contributed by atoms with Crippen LogP contribution in [0.25, 0.3) is 22.3 Å². The summed E-state index contributed by atoms with van der Waals surface area (Å²) in [6.45, 7) is 2.00. The molecule has 0 saturated heterocycles. The molecule has 2 aromatic carbocycles. The summed E-state index contributed by atoms with van der Waals surface area (Å²) in [5.74, 6) is -4.96. The Morgan fingerprint density at radius 1 is 0.878 bits per heavy atom. The largest absolute Gasteiger partial charge is 0.458 e. The van der Waals surface area contributed by atoms with E-state index in [2.05, 4.69) is 26.6 Å². The van der Waals surface area contributed by atoms with Crippen molar-refractivity contribution < 1.29 is 62.1 Å². The van der Waals surface area contributed by atoms with Crippen LogP contribution in [0.3, 0.4) is 0 Å². The second kappa shape index (κ2) is 23.0. The molecule has 390 valence electrons. The van der Waals surface area contributed by atoms with Crippen molar-refractivity contribution in [1.82, 2.24) is 41.0 Å². The van der Waals surface area contributed by atoms with E-state index in [0.717, 1.165) is 21.4 Å². The topological polar surface area (TPSA) is 283 Å². The molecular formula is C52H57FN8O13. The summed E-state index contributed by atoms with van der Waals surface area (Å²) >= 11 is 0. The van der Waals surface area contributed by atoms with Crippen molar-refractivity contribution >= 4 is 58.2 Å². The molecule has 22 heteroatoms. The lowest BCUT2D eigenvalue weighted by molar-refractivity contribution is -0.172. The Labute approximate surface area is 423 Å². The number of nitrogens with zero attached hydrogens (tertiary/aromatic N) is 3. The van der Waals surface area contributed by atoms with Gasteiger partial charge in [-0.25, -0.2) is 14.2 Å². The van der Waals surface area contributed by atoms with Crippen molar-refractivity contribution in [1.29, 1.82) is 0 Å². The number of halogens is 1. The first-order chi connectivity index (χ1) is 35.6. The highest BCUT2D eigenvalue weighted by atomic mass is 19.1. The van der Waals surface area contributed by atoms with E-state index in [9.17, 15) is 48.3 Å². The zero-order chi connectivity index (χ0) is 52.7. The van der Waals surface area contributed by atoms with Crippen LogP contribution in [-0.2, 0) is 84.2 Å². The predicted octanol–water partition coefficient (Wildman–Crippen LogP) is 1.18. The molecule has 5 heterocycles. The van der Waals surface area contributed by atoms with Crippen molar-refractivity contribution in [3.8, 4) is 11.4 Å². The van der Waals surface area contributed by atoms with Crippen molar-refractivity contribution in [2.75, 3.05) is 46.1 Å². The molecule has 0 spiro atoms. The fourth-order valence-corrected chi connectivity index (χ4v) is 9.68. The maximum atomic E-state index is 15.3. The Balaban J connectivity index is 0.791. The molecule has 1 aliphatic carbocycles. The smallest absolute Gasteiger partial charge is 0.343 e. The van der Waals surface area contributed by atoms with Gasteiger partial charge in [0.05, 0.1) is 68.0 Å². The predicted molar refractivity (Wildman–Crippen MR) is 261 cm³/mol. The Morgan fingerprint density at radius 3 is 2.35 bits per heavy atom. The van der Waals surface area contributed by atoms with Gasteiger partial charge in [0.1, 0.15) is 25.2 Å². The second-order valence-corrected chi connectivity index (χ2v) is 18.4. The van der Waals surface area contributed by atoms with Crippen molar-refractivity contribution in [3.63, 3.8) is 0 Å². The number of pyridine rings is 2. The number of imide groups is 1. The summed E-state index contributed by atoms with van der Waals surface area (Å²) in [6, 6.07) is 10.7. The fourth-order valence-electron chi connectivity index (χ4n) is 9.68. The fraction of sp³-hybridized carbons (Fsp3) is 0.423. The number of nitrogens with one attached hydrogen (secondary N) is 5. The molecule has 0 radical (unpaired) electrons. The Kier molecular flexibility index (Phi) is 16.4. The Bertz CT molecular complexity index is 3000. The van der Waals surface area contributed by atoms with Gasteiger partial charge in [-0.1, -0.05) is 43.7 Å². The van der Waals surface area contributed by atoms with Crippen LogP contribution in [0, 0.1) is 12.7 Å². The monoisotopic (exact) mass is 1020 g/mol. The first-order valence-corrected chi connectivity index (χ1v) is 24.5. The van der Waals surface area contributed by atoms with Gasteiger partial charge >= 0.3 is 5.97 Å². The average Bonchev–Trinajstić information content (AvgIpc) is 3.95. The molecule has 3 atom stereocenters. The number of benzene rings is 2. The minimum Gasteiger partial charge on any atom is -0.458 e. The number of hydrogen-bond donors (Lipinski definition) is 6. The lowest BCUT2D eigenvalue weighted by Crippen LogP contribution is -2.52. The van der Waals surface area contributed by atoms with Crippen LogP contribution in [0.4, 0.5) is 4.39 Å². The third-order valence-electron chi connectivity index (χ3n) is 13.7. The number of cyclic esters (lactones) is 1. The van der Waals surface area contributed by atoms with Gasteiger partial charge in [0.15, 0.2) is 5.60 Å². The van der Waals surface area contributed by atoms with Crippen LogP contribution < -0.4 is 32.1 Å². The molecule has 0 saturated carbocycles. The number of unbranched alkanes of at least 4 members (excludes halogenated alkanes) is 2. The molecule has 6 N–H and O–H groups in total. The molecule has 0 fully saturated rings. The number of aliphatic hydroxyl groups is 1. The molecule has 3 aliphatic heterocycles. The van der Waals surface area contributed by atoms with Gasteiger partial charge < -0.3 is 50.5 Å². The van der Waals surface area contributed by atoms with E-state index >= 15 is 4.39 Å². The summed E-state index contributed by atoms with van der Waals surface area (Å²) in [6.07, 6.45) is 4.64. The molecule has 0 unspecified atom stereocenters. The molecular weight excluding hydrogens is 964 g/mol. The van der Waals surface area contributed by atoms with Crippen LogP contribution >= 0.6 is 0 Å². The van der Waals surface area contributed by atoms with Gasteiger partial charge in [-0.15, -0.1) is 0 Å². The molecule has 4 aliphatic rings. The van der Waals surface area contributed by atoms with Crippen LogP contribution in [0.1, 0.15) is 90.5 Å². The van der Waals surface area contributed by atoms with Gasteiger partial charge in [-0.05, 0) is 67.3 Å². The van der Waals surface area contributed by atoms with Gasteiger partial charge in [0.25, 0.3) is 17.4 Å². The summed E-state index contributed by atoms with van der Waals surface area (Å²) < 4.78 is 34.1. The maximum Gasteiger partial charge on any atom is 0.343 e. The number of carbonyl (C=O) groups is 8. The van der Waals surface area contributed by atoms with Gasteiger partial charge in [-0.3, -0.25) is 43.3 Å². The van der Waals surface area contributed by atoms with Crippen molar-refractivity contribution in [3.05, 3.63) is 110 Å².